The van der Waals surface area contributed by atoms with Crippen molar-refractivity contribution in [1.29, 1.82) is 0 Å². The summed E-state index contributed by atoms with van der Waals surface area (Å²) in [5.41, 5.74) is 0.605. The van der Waals surface area contributed by atoms with E-state index < -0.39 is 5.92 Å². The van der Waals surface area contributed by atoms with Crippen LogP contribution >= 0.6 is 0 Å². The third-order valence-electron chi connectivity index (χ3n) is 2.02. The molecule has 0 saturated carbocycles. The quantitative estimate of drug-likeness (QED) is 0.747. The minimum absolute atomic E-state index is 0.279. The normalized spacial score (nSPS) is 12.2. The predicted octanol–water partition coefficient (Wildman–Crippen LogP) is 0.648. The van der Waals surface area contributed by atoms with Crippen LogP contribution in [0.2, 0.25) is 0 Å². The number of nitrogens with one attached hydrogen (secondary N) is 1. The maximum atomic E-state index is 12.6. The minimum atomic E-state index is -0.624. The van der Waals surface area contributed by atoms with E-state index in [-0.39, 0.29) is 18.3 Å². The van der Waals surface area contributed by atoms with E-state index >= 15 is 0 Å². The molecule has 0 heterocycles. The van der Waals surface area contributed by atoms with Gasteiger partial charge in [-0.15, -0.1) is 0 Å². The number of carbonyl (C=O) groups is 1. The minimum Gasteiger partial charge on any atom is -0.395 e. The van der Waals surface area contributed by atoms with Crippen LogP contribution in [0.25, 0.3) is 0 Å². The van der Waals surface area contributed by atoms with Crippen molar-refractivity contribution >= 4 is 5.91 Å². The standard InChI is InChI=1S/C10H12FNO2/c1-12-10(14)9(6-13)7-2-4-8(11)5-3-7/h2-5,9,13H,6H2,1H3,(H,12,14). The Bertz CT molecular complexity index is 310. The Kier molecular flexibility index (Phi) is 3.59. The topological polar surface area (TPSA) is 49.3 Å². The van der Waals surface area contributed by atoms with E-state index in [0.717, 1.165) is 0 Å². The largest absolute Gasteiger partial charge is 0.395 e. The fourth-order valence-electron chi connectivity index (χ4n) is 1.21. The van der Waals surface area contributed by atoms with Crippen molar-refractivity contribution in [2.45, 2.75) is 5.92 Å². The number of carbonyl (C=O) groups excluding carboxylic acids is 1. The second-order valence-corrected chi connectivity index (χ2v) is 2.90. The molecule has 0 bridgehead atoms. The number of aliphatic hydroxyl groups is 1. The summed E-state index contributed by atoms with van der Waals surface area (Å²) >= 11 is 0. The summed E-state index contributed by atoms with van der Waals surface area (Å²) in [7, 11) is 1.49. The van der Waals surface area contributed by atoms with Gasteiger partial charge in [-0.25, -0.2) is 4.39 Å². The highest BCUT2D eigenvalue weighted by molar-refractivity contribution is 5.83. The Labute approximate surface area is 81.6 Å². The molecule has 3 nitrogen and oxygen atoms in total. The van der Waals surface area contributed by atoms with Crippen LogP contribution in [0.1, 0.15) is 11.5 Å². The highest BCUT2D eigenvalue weighted by Crippen LogP contribution is 2.15. The molecule has 14 heavy (non-hydrogen) atoms. The molecule has 0 fully saturated rings. The van der Waals surface area contributed by atoms with Crippen molar-refractivity contribution < 1.29 is 14.3 Å². The van der Waals surface area contributed by atoms with Crippen LogP contribution in [0.5, 0.6) is 0 Å². The fourth-order valence-corrected chi connectivity index (χ4v) is 1.21. The molecule has 0 aliphatic carbocycles. The number of aliphatic hydroxyl groups excluding tert-OH is 1. The van der Waals surface area contributed by atoms with Gasteiger partial charge in [-0.1, -0.05) is 12.1 Å². The maximum absolute atomic E-state index is 12.6. The Morgan fingerprint density at radius 3 is 2.50 bits per heavy atom. The van der Waals surface area contributed by atoms with Crippen LogP contribution in [0.3, 0.4) is 0 Å². The summed E-state index contributed by atoms with van der Waals surface area (Å²) in [5.74, 6) is -1.26. The predicted molar refractivity (Wildman–Crippen MR) is 50.3 cm³/mol. The average molecular weight is 197 g/mol. The van der Waals surface area contributed by atoms with Crippen LogP contribution in [0, 0.1) is 5.82 Å². The molecule has 1 rings (SSSR count). The van der Waals surface area contributed by atoms with Crippen molar-refractivity contribution in [3.8, 4) is 0 Å². The van der Waals surface area contributed by atoms with Crippen LogP contribution in [0.15, 0.2) is 24.3 Å². The SMILES string of the molecule is CNC(=O)C(CO)c1ccc(F)cc1. The Hall–Kier alpha value is -1.42. The average Bonchev–Trinajstić information content (AvgIpc) is 2.21. The Morgan fingerprint density at radius 2 is 2.07 bits per heavy atom. The fraction of sp³-hybridized carbons (Fsp3) is 0.300. The zero-order valence-electron chi connectivity index (χ0n) is 7.83. The number of amides is 1. The summed E-state index contributed by atoms with van der Waals surface area (Å²) in [6, 6.07) is 5.51. The molecule has 2 N–H and O–H groups in total. The summed E-state index contributed by atoms with van der Waals surface area (Å²) in [6.45, 7) is -0.286. The summed E-state index contributed by atoms with van der Waals surface area (Å²) in [5, 5.41) is 11.4. The molecule has 1 unspecified atom stereocenters. The molecule has 0 aromatic heterocycles. The van der Waals surface area contributed by atoms with Crippen LogP contribution in [-0.2, 0) is 4.79 Å². The van der Waals surface area contributed by atoms with E-state index in [0.29, 0.717) is 5.56 Å². The van der Waals surface area contributed by atoms with Gasteiger partial charge in [0.25, 0.3) is 0 Å². The lowest BCUT2D eigenvalue weighted by atomic mass is 9.99. The lowest BCUT2D eigenvalue weighted by Gasteiger charge is -2.12. The van der Waals surface area contributed by atoms with Gasteiger partial charge in [0.2, 0.25) is 5.91 Å². The van der Waals surface area contributed by atoms with Crippen LogP contribution in [0.4, 0.5) is 4.39 Å². The molecule has 0 aliphatic rings. The van der Waals surface area contributed by atoms with Crippen molar-refractivity contribution in [3.05, 3.63) is 35.6 Å². The lowest BCUT2D eigenvalue weighted by Crippen LogP contribution is -2.28. The van der Waals surface area contributed by atoms with Crippen LogP contribution in [-0.4, -0.2) is 24.7 Å². The van der Waals surface area contributed by atoms with E-state index in [2.05, 4.69) is 5.32 Å². The van der Waals surface area contributed by atoms with Crippen molar-refractivity contribution in [2.24, 2.45) is 0 Å². The second-order valence-electron chi connectivity index (χ2n) is 2.90. The van der Waals surface area contributed by atoms with Gasteiger partial charge in [0.1, 0.15) is 5.82 Å². The molecule has 4 heteroatoms. The van der Waals surface area contributed by atoms with Gasteiger partial charge in [-0.3, -0.25) is 4.79 Å². The van der Waals surface area contributed by atoms with Crippen molar-refractivity contribution in [3.63, 3.8) is 0 Å². The molecule has 0 aliphatic heterocycles. The number of rotatable bonds is 3. The number of benzene rings is 1. The molecule has 1 aromatic carbocycles. The molecular formula is C10H12FNO2. The van der Waals surface area contributed by atoms with Gasteiger partial charge in [-0.2, -0.15) is 0 Å². The van der Waals surface area contributed by atoms with Gasteiger partial charge in [-0.05, 0) is 17.7 Å². The number of hydrogen-bond acceptors (Lipinski definition) is 2. The summed E-state index contributed by atoms with van der Waals surface area (Å²) < 4.78 is 12.6. The van der Waals surface area contributed by atoms with E-state index in [1.165, 1.54) is 31.3 Å². The highest BCUT2D eigenvalue weighted by Gasteiger charge is 2.17. The van der Waals surface area contributed by atoms with Crippen LogP contribution < -0.4 is 5.32 Å². The van der Waals surface area contributed by atoms with E-state index in [4.69, 9.17) is 5.11 Å². The number of halogens is 1. The second kappa shape index (κ2) is 4.72. The van der Waals surface area contributed by atoms with Crippen molar-refractivity contribution in [2.75, 3.05) is 13.7 Å². The Balaban J connectivity index is 2.89. The van der Waals surface area contributed by atoms with Gasteiger partial charge < -0.3 is 10.4 Å². The smallest absolute Gasteiger partial charge is 0.229 e. The highest BCUT2D eigenvalue weighted by atomic mass is 19.1. The van der Waals surface area contributed by atoms with E-state index in [1.807, 2.05) is 0 Å². The molecule has 0 spiro atoms. The summed E-state index contributed by atoms with van der Waals surface area (Å²) in [4.78, 5) is 11.3. The third kappa shape index (κ3) is 2.29. The summed E-state index contributed by atoms with van der Waals surface area (Å²) in [6.07, 6.45) is 0. The Morgan fingerprint density at radius 1 is 1.50 bits per heavy atom. The molecule has 76 valence electrons. The van der Waals surface area contributed by atoms with Gasteiger partial charge >= 0.3 is 0 Å². The van der Waals surface area contributed by atoms with Gasteiger partial charge in [0.15, 0.2) is 0 Å². The van der Waals surface area contributed by atoms with E-state index in [9.17, 15) is 9.18 Å². The molecule has 0 saturated heterocycles. The monoisotopic (exact) mass is 197 g/mol. The van der Waals surface area contributed by atoms with Crippen molar-refractivity contribution in [1.82, 2.24) is 5.32 Å². The number of hydrogen-bond donors (Lipinski definition) is 2. The first kappa shape index (κ1) is 10.7. The lowest BCUT2D eigenvalue weighted by molar-refractivity contribution is -0.122. The number of likely N-dealkylation sites (N-methyl/N-ethyl adjacent to an activating group) is 1. The molecule has 1 aromatic rings. The molecule has 1 amide bonds. The first-order valence-corrected chi connectivity index (χ1v) is 4.27. The molecule has 0 radical (unpaired) electrons. The molecular weight excluding hydrogens is 185 g/mol. The first-order chi connectivity index (χ1) is 6.69. The van der Waals surface area contributed by atoms with E-state index in [1.54, 1.807) is 0 Å². The zero-order chi connectivity index (χ0) is 10.6. The zero-order valence-corrected chi connectivity index (χ0v) is 7.83. The molecule has 1 atom stereocenters. The first-order valence-electron chi connectivity index (χ1n) is 4.27. The third-order valence-corrected chi connectivity index (χ3v) is 2.02. The van der Waals surface area contributed by atoms with Gasteiger partial charge in [0.05, 0.1) is 12.5 Å². The maximum Gasteiger partial charge on any atom is 0.229 e. The van der Waals surface area contributed by atoms with Gasteiger partial charge in [0, 0.05) is 7.05 Å².